The summed E-state index contributed by atoms with van der Waals surface area (Å²) in [5, 5.41) is 0. The largest absolute Gasteiger partial charge is 0.379 e. The van der Waals surface area contributed by atoms with E-state index in [4.69, 9.17) is 10.5 Å². The zero-order chi connectivity index (χ0) is 12.3. The molecule has 0 radical (unpaired) electrons. The van der Waals surface area contributed by atoms with Crippen LogP contribution in [0.4, 0.5) is 0 Å². The van der Waals surface area contributed by atoms with Gasteiger partial charge in [-0.25, -0.2) is 0 Å². The van der Waals surface area contributed by atoms with E-state index in [9.17, 15) is 0 Å². The summed E-state index contributed by atoms with van der Waals surface area (Å²) in [6.45, 7) is 12.1. The van der Waals surface area contributed by atoms with Crippen molar-refractivity contribution in [2.75, 3.05) is 45.9 Å². The Kier molecular flexibility index (Phi) is 4.42. The highest BCUT2D eigenvalue weighted by Crippen LogP contribution is 2.26. The number of hydrogen-bond acceptors (Lipinski definition) is 4. The highest BCUT2D eigenvalue weighted by molar-refractivity contribution is 4.91. The Labute approximate surface area is 105 Å². The first kappa shape index (κ1) is 13.3. The molecule has 2 aliphatic rings. The van der Waals surface area contributed by atoms with E-state index in [-0.39, 0.29) is 5.54 Å². The van der Waals surface area contributed by atoms with Crippen LogP contribution in [0.5, 0.6) is 0 Å². The number of piperidine rings is 1. The third kappa shape index (κ3) is 3.65. The van der Waals surface area contributed by atoms with E-state index < -0.39 is 0 Å². The lowest BCUT2D eigenvalue weighted by molar-refractivity contribution is 0.0159. The molecule has 0 amide bonds. The summed E-state index contributed by atoms with van der Waals surface area (Å²) < 4.78 is 5.37. The first-order valence-corrected chi connectivity index (χ1v) is 6.89. The Balaban J connectivity index is 1.77. The summed E-state index contributed by atoms with van der Waals surface area (Å²) >= 11 is 0. The lowest BCUT2D eigenvalue weighted by atomic mass is 9.87. The highest BCUT2D eigenvalue weighted by Gasteiger charge is 2.33. The van der Waals surface area contributed by atoms with Crippen LogP contribution < -0.4 is 5.73 Å². The van der Waals surface area contributed by atoms with Gasteiger partial charge in [0.15, 0.2) is 0 Å². The van der Waals surface area contributed by atoms with Crippen LogP contribution >= 0.6 is 0 Å². The molecule has 0 aliphatic carbocycles. The summed E-state index contributed by atoms with van der Waals surface area (Å²) in [4.78, 5) is 5.11. The van der Waals surface area contributed by atoms with Crippen LogP contribution in [0.1, 0.15) is 26.7 Å². The smallest absolute Gasteiger partial charge is 0.0594 e. The third-order valence-electron chi connectivity index (χ3n) is 4.18. The lowest BCUT2D eigenvalue weighted by Crippen LogP contribution is -2.55. The molecule has 4 heteroatoms. The van der Waals surface area contributed by atoms with Crippen LogP contribution in [-0.4, -0.2) is 67.3 Å². The van der Waals surface area contributed by atoms with Gasteiger partial charge >= 0.3 is 0 Å². The minimum atomic E-state index is 0.268. The first-order valence-electron chi connectivity index (χ1n) is 6.89. The van der Waals surface area contributed by atoms with Gasteiger partial charge in [-0.2, -0.15) is 0 Å². The van der Waals surface area contributed by atoms with Crippen molar-refractivity contribution in [2.45, 2.75) is 38.3 Å². The average molecular weight is 241 g/mol. The van der Waals surface area contributed by atoms with Gasteiger partial charge in [-0.05, 0) is 26.7 Å². The number of likely N-dealkylation sites (tertiary alicyclic amines) is 1. The maximum absolute atomic E-state index is 6.06. The normalized spacial score (nSPS) is 31.6. The SMILES string of the molecule is CC1(C)CC(N)CCN1CCN1CCOCC1. The molecule has 2 rings (SSSR count). The molecule has 1 unspecified atom stereocenters. The Morgan fingerprint density at radius 1 is 1.18 bits per heavy atom. The minimum Gasteiger partial charge on any atom is -0.379 e. The highest BCUT2D eigenvalue weighted by atomic mass is 16.5. The van der Waals surface area contributed by atoms with Gasteiger partial charge in [0.1, 0.15) is 0 Å². The van der Waals surface area contributed by atoms with Gasteiger partial charge in [0.25, 0.3) is 0 Å². The summed E-state index contributed by atoms with van der Waals surface area (Å²) in [6, 6.07) is 0.393. The zero-order valence-corrected chi connectivity index (χ0v) is 11.3. The molecular weight excluding hydrogens is 214 g/mol. The quantitative estimate of drug-likeness (QED) is 0.782. The van der Waals surface area contributed by atoms with Gasteiger partial charge in [-0.15, -0.1) is 0 Å². The second-order valence-corrected chi connectivity index (χ2v) is 6.01. The molecule has 100 valence electrons. The van der Waals surface area contributed by atoms with E-state index in [1.54, 1.807) is 0 Å². The summed E-state index contributed by atoms with van der Waals surface area (Å²) in [6.07, 6.45) is 2.27. The molecule has 4 nitrogen and oxygen atoms in total. The third-order valence-corrected chi connectivity index (χ3v) is 4.18. The van der Waals surface area contributed by atoms with Crippen molar-refractivity contribution in [1.29, 1.82) is 0 Å². The molecule has 2 fully saturated rings. The Bertz CT molecular complexity index is 239. The van der Waals surface area contributed by atoms with Gasteiger partial charge in [0.05, 0.1) is 13.2 Å². The van der Waals surface area contributed by atoms with E-state index in [0.29, 0.717) is 6.04 Å². The summed E-state index contributed by atoms with van der Waals surface area (Å²) in [7, 11) is 0. The predicted molar refractivity (Wildman–Crippen MR) is 70.1 cm³/mol. The molecule has 2 saturated heterocycles. The van der Waals surface area contributed by atoms with Crippen molar-refractivity contribution in [2.24, 2.45) is 5.73 Å². The van der Waals surface area contributed by atoms with Crippen LogP contribution in [0.2, 0.25) is 0 Å². The molecule has 0 spiro atoms. The fraction of sp³-hybridized carbons (Fsp3) is 1.00. The van der Waals surface area contributed by atoms with E-state index >= 15 is 0 Å². The molecule has 0 bridgehead atoms. The second kappa shape index (κ2) is 5.65. The maximum Gasteiger partial charge on any atom is 0.0594 e. The van der Waals surface area contributed by atoms with E-state index in [1.165, 1.54) is 13.1 Å². The topological polar surface area (TPSA) is 41.7 Å². The molecule has 2 N–H and O–H groups in total. The molecule has 0 saturated carbocycles. The van der Waals surface area contributed by atoms with Crippen molar-refractivity contribution in [3.05, 3.63) is 0 Å². The monoisotopic (exact) mass is 241 g/mol. The maximum atomic E-state index is 6.06. The number of ether oxygens (including phenoxy) is 1. The van der Waals surface area contributed by atoms with Crippen LogP contribution in [-0.2, 0) is 4.74 Å². The lowest BCUT2D eigenvalue weighted by Gasteiger charge is -2.45. The summed E-state index contributed by atoms with van der Waals surface area (Å²) in [5.74, 6) is 0. The number of hydrogen-bond donors (Lipinski definition) is 1. The van der Waals surface area contributed by atoms with Gasteiger partial charge in [-0.3, -0.25) is 9.80 Å². The van der Waals surface area contributed by atoms with E-state index in [1.807, 2.05) is 0 Å². The number of nitrogens with two attached hydrogens (primary N) is 1. The van der Waals surface area contributed by atoms with Gasteiger partial charge in [0, 0.05) is 44.3 Å². The van der Waals surface area contributed by atoms with Crippen LogP contribution in [0.3, 0.4) is 0 Å². The number of nitrogens with zero attached hydrogens (tertiary/aromatic N) is 2. The van der Waals surface area contributed by atoms with Crippen molar-refractivity contribution >= 4 is 0 Å². The molecule has 2 heterocycles. The number of morpholine rings is 1. The van der Waals surface area contributed by atoms with Crippen molar-refractivity contribution < 1.29 is 4.74 Å². The first-order chi connectivity index (χ1) is 8.08. The molecule has 0 aromatic rings. The average Bonchev–Trinajstić information content (AvgIpc) is 2.28. The van der Waals surface area contributed by atoms with Gasteiger partial charge < -0.3 is 10.5 Å². The van der Waals surface area contributed by atoms with Crippen molar-refractivity contribution in [3.63, 3.8) is 0 Å². The molecule has 2 aliphatic heterocycles. The van der Waals surface area contributed by atoms with E-state index in [2.05, 4.69) is 23.6 Å². The van der Waals surface area contributed by atoms with E-state index in [0.717, 1.165) is 45.7 Å². The van der Waals surface area contributed by atoms with Crippen LogP contribution in [0.25, 0.3) is 0 Å². The Hall–Kier alpha value is -0.160. The standard InChI is InChI=1S/C13H27N3O/c1-13(2)11-12(14)3-4-16(13)6-5-15-7-9-17-10-8-15/h12H,3-11,14H2,1-2H3. The summed E-state index contributed by atoms with van der Waals surface area (Å²) in [5.41, 5.74) is 6.33. The zero-order valence-electron chi connectivity index (χ0n) is 11.3. The van der Waals surface area contributed by atoms with Crippen molar-refractivity contribution in [1.82, 2.24) is 9.80 Å². The van der Waals surface area contributed by atoms with Crippen molar-refractivity contribution in [3.8, 4) is 0 Å². The van der Waals surface area contributed by atoms with Crippen LogP contribution in [0.15, 0.2) is 0 Å². The van der Waals surface area contributed by atoms with Gasteiger partial charge in [-0.1, -0.05) is 0 Å². The fourth-order valence-electron chi connectivity index (χ4n) is 3.00. The molecule has 0 aromatic carbocycles. The Morgan fingerprint density at radius 3 is 2.53 bits per heavy atom. The van der Waals surface area contributed by atoms with Crippen LogP contribution in [0, 0.1) is 0 Å². The fourth-order valence-corrected chi connectivity index (χ4v) is 3.00. The minimum absolute atomic E-state index is 0.268. The predicted octanol–water partition coefficient (Wildman–Crippen LogP) is 0.520. The number of rotatable bonds is 3. The molecule has 1 atom stereocenters. The molecule has 0 aromatic heterocycles. The van der Waals surface area contributed by atoms with Gasteiger partial charge in [0.2, 0.25) is 0 Å². The second-order valence-electron chi connectivity index (χ2n) is 6.01. The Morgan fingerprint density at radius 2 is 1.88 bits per heavy atom. The molecular formula is C13H27N3O. The molecule has 17 heavy (non-hydrogen) atoms.